The number of Topliss-reactive ketones (excluding diaryl/α,β-unsaturated/α-hetero) is 1. The van der Waals surface area contributed by atoms with Gasteiger partial charge >= 0.3 is 0 Å². The summed E-state index contributed by atoms with van der Waals surface area (Å²) in [6.45, 7) is 6.02. The van der Waals surface area contributed by atoms with E-state index in [1.807, 2.05) is 39.0 Å². The molecule has 0 saturated carbocycles. The second-order valence-electron chi connectivity index (χ2n) is 8.83. The van der Waals surface area contributed by atoms with Crippen molar-refractivity contribution in [3.05, 3.63) is 86.4 Å². The van der Waals surface area contributed by atoms with Crippen molar-refractivity contribution in [2.45, 2.75) is 26.8 Å². The normalized spacial score (nSPS) is 16.6. The summed E-state index contributed by atoms with van der Waals surface area (Å²) < 4.78 is 16.6. The summed E-state index contributed by atoms with van der Waals surface area (Å²) in [4.78, 5) is 28.5. The maximum Gasteiger partial charge on any atom is 0.300 e. The number of carbonyl (C=O) groups excluding carboxylic acids is 2. The summed E-state index contributed by atoms with van der Waals surface area (Å²) in [7, 11) is 2.91. The minimum Gasteiger partial charge on any atom is -0.507 e. The molecule has 0 bridgehead atoms. The molecule has 3 aromatic carbocycles. The van der Waals surface area contributed by atoms with Gasteiger partial charge in [0.1, 0.15) is 11.5 Å². The van der Waals surface area contributed by atoms with E-state index >= 15 is 0 Å². The molecule has 3 aromatic rings. The molecular formula is C29H27Cl2NO6. The minimum absolute atomic E-state index is 0.0898. The van der Waals surface area contributed by atoms with Crippen molar-refractivity contribution in [1.82, 2.24) is 0 Å². The van der Waals surface area contributed by atoms with Gasteiger partial charge in [-0.1, -0.05) is 35.3 Å². The van der Waals surface area contributed by atoms with Crippen molar-refractivity contribution in [3.63, 3.8) is 0 Å². The number of anilines is 1. The van der Waals surface area contributed by atoms with Crippen LogP contribution >= 0.6 is 23.2 Å². The zero-order valence-corrected chi connectivity index (χ0v) is 23.1. The molecule has 0 aliphatic carbocycles. The third-order valence-electron chi connectivity index (χ3n) is 6.20. The Labute approximate surface area is 231 Å². The number of nitrogens with zero attached hydrogens (tertiary/aromatic N) is 1. The fourth-order valence-electron chi connectivity index (χ4n) is 4.72. The molecule has 7 nitrogen and oxygen atoms in total. The number of amides is 1. The first kappa shape index (κ1) is 27.4. The quantitative estimate of drug-likeness (QED) is 0.199. The Balaban J connectivity index is 2.05. The Morgan fingerprint density at radius 2 is 1.63 bits per heavy atom. The lowest BCUT2D eigenvalue weighted by atomic mass is 9.94. The van der Waals surface area contributed by atoms with Crippen LogP contribution in [0.1, 0.15) is 35.2 Å². The number of ether oxygens (including phenoxy) is 3. The van der Waals surface area contributed by atoms with E-state index in [-0.39, 0.29) is 26.9 Å². The Morgan fingerprint density at radius 1 is 0.947 bits per heavy atom. The smallest absolute Gasteiger partial charge is 0.300 e. The lowest BCUT2D eigenvalue weighted by Crippen LogP contribution is -2.29. The van der Waals surface area contributed by atoms with Crippen LogP contribution in [0.25, 0.3) is 5.76 Å². The lowest BCUT2D eigenvalue weighted by molar-refractivity contribution is -0.132. The molecule has 1 atom stereocenters. The Kier molecular flexibility index (Phi) is 7.90. The summed E-state index contributed by atoms with van der Waals surface area (Å²) in [5.41, 5.74) is 2.81. The molecule has 1 fully saturated rings. The molecule has 4 rings (SSSR count). The van der Waals surface area contributed by atoms with Crippen molar-refractivity contribution in [2.24, 2.45) is 0 Å². The zero-order chi connectivity index (χ0) is 27.7. The number of halogens is 2. The van der Waals surface area contributed by atoms with Gasteiger partial charge in [-0.15, -0.1) is 0 Å². The van der Waals surface area contributed by atoms with Gasteiger partial charge in [-0.2, -0.15) is 0 Å². The van der Waals surface area contributed by atoms with Crippen molar-refractivity contribution >= 4 is 46.3 Å². The first-order valence-electron chi connectivity index (χ1n) is 11.8. The van der Waals surface area contributed by atoms with Gasteiger partial charge in [-0.25, -0.2) is 0 Å². The third kappa shape index (κ3) is 4.91. The number of benzene rings is 3. The largest absolute Gasteiger partial charge is 0.507 e. The fraction of sp³-hybridized carbons (Fsp3) is 0.241. The number of aliphatic hydroxyl groups is 1. The standard InChI is InChI=1S/C29H27Cl2NO6/c1-6-38-23-12-17(7-8-22(23)36-4)25-24(26(33)20-13-18(30)14-21(31)28(20)37-5)27(34)29(35)32(25)19-10-15(2)9-16(3)11-19/h7-14,25,33H,6H2,1-5H3/b26-24+. The average Bonchev–Trinajstić information content (AvgIpc) is 3.13. The third-order valence-corrected chi connectivity index (χ3v) is 6.70. The molecule has 1 unspecified atom stereocenters. The number of hydrogen-bond donors (Lipinski definition) is 1. The highest BCUT2D eigenvalue weighted by atomic mass is 35.5. The summed E-state index contributed by atoms with van der Waals surface area (Å²) in [6, 6.07) is 12.6. The first-order valence-corrected chi connectivity index (χ1v) is 12.6. The van der Waals surface area contributed by atoms with Crippen LogP contribution in [0.4, 0.5) is 5.69 Å². The summed E-state index contributed by atoms with van der Waals surface area (Å²) in [6.07, 6.45) is 0. The number of rotatable bonds is 7. The number of aliphatic hydroxyl groups excluding tert-OH is 1. The predicted octanol–water partition coefficient (Wildman–Crippen LogP) is 6.65. The van der Waals surface area contributed by atoms with Crippen molar-refractivity contribution in [2.75, 3.05) is 25.7 Å². The molecule has 0 aromatic heterocycles. The Hall–Kier alpha value is -3.68. The molecule has 1 aliphatic rings. The van der Waals surface area contributed by atoms with E-state index in [2.05, 4.69) is 0 Å². The van der Waals surface area contributed by atoms with E-state index in [1.54, 1.807) is 18.2 Å². The second-order valence-corrected chi connectivity index (χ2v) is 9.67. The van der Waals surface area contributed by atoms with E-state index < -0.39 is 23.5 Å². The second kappa shape index (κ2) is 11.0. The molecule has 1 amide bonds. The highest BCUT2D eigenvalue weighted by molar-refractivity contribution is 6.52. The van der Waals surface area contributed by atoms with E-state index in [0.717, 1.165) is 11.1 Å². The summed E-state index contributed by atoms with van der Waals surface area (Å²) in [5, 5.41) is 11.9. The number of methoxy groups -OCH3 is 2. The average molecular weight is 556 g/mol. The Bertz CT molecular complexity index is 1450. The van der Waals surface area contributed by atoms with Crippen LogP contribution < -0.4 is 19.1 Å². The van der Waals surface area contributed by atoms with Crippen LogP contribution in [0.3, 0.4) is 0 Å². The van der Waals surface area contributed by atoms with Gasteiger partial charge in [-0.05, 0) is 73.9 Å². The maximum atomic E-state index is 13.6. The molecular weight excluding hydrogens is 529 g/mol. The molecule has 0 radical (unpaired) electrons. The van der Waals surface area contributed by atoms with Gasteiger partial charge in [0.2, 0.25) is 0 Å². The molecule has 1 N–H and O–H groups in total. The number of ketones is 1. The van der Waals surface area contributed by atoms with Crippen molar-refractivity contribution in [1.29, 1.82) is 0 Å². The van der Waals surface area contributed by atoms with E-state index in [4.69, 9.17) is 37.4 Å². The van der Waals surface area contributed by atoms with Crippen molar-refractivity contribution < 1.29 is 28.9 Å². The van der Waals surface area contributed by atoms with Crippen LogP contribution in [-0.4, -0.2) is 37.6 Å². The first-order chi connectivity index (χ1) is 18.1. The van der Waals surface area contributed by atoms with Gasteiger partial charge in [-0.3, -0.25) is 14.5 Å². The molecule has 0 spiro atoms. The highest BCUT2D eigenvalue weighted by Crippen LogP contribution is 2.46. The SMILES string of the molecule is CCOc1cc(C2/C(=C(\O)c3cc(Cl)cc(Cl)c3OC)C(=O)C(=O)N2c2cc(C)cc(C)c2)ccc1OC. The molecule has 1 heterocycles. The predicted molar refractivity (Wildman–Crippen MR) is 148 cm³/mol. The highest BCUT2D eigenvalue weighted by Gasteiger charge is 2.47. The number of hydrogen-bond acceptors (Lipinski definition) is 6. The van der Waals surface area contributed by atoms with Gasteiger partial charge < -0.3 is 19.3 Å². The monoisotopic (exact) mass is 555 g/mol. The van der Waals surface area contributed by atoms with Gasteiger partial charge in [0.25, 0.3) is 11.7 Å². The number of carbonyl (C=O) groups is 2. The Morgan fingerprint density at radius 3 is 2.24 bits per heavy atom. The van der Waals surface area contributed by atoms with Crippen LogP contribution in [0.5, 0.6) is 17.2 Å². The van der Waals surface area contributed by atoms with E-state index in [9.17, 15) is 14.7 Å². The van der Waals surface area contributed by atoms with Crippen LogP contribution in [-0.2, 0) is 9.59 Å². The van der Waals surface area contributed by atoms with Gasteiger partial charge in [0.05, 0.1) is 43.0 Å². The molecule has 1 aliphatic heterocycles. The molecule has 198 valence electrons. The molecule has 1 saturated heterocycles. The zero-order valence-electron chi connectivity index (χ0n) is 21.6. The van der Waals surface area contributed by atoms with Crippen LogP contribution in [0.15, 0.2) is 54.1 Å². The topological polar surface area (TPSA) is 85.3 Å². The van der Waals surface area contributed by atoms with Gasteiger partial charge in [0, 0.05) is 10.7 Å². The van der Waals surface area contributed by atoms with Crippen molar-refractivity contribution in [3.8, 4) is 17.2 Å². The van der Waals surface area contributed by atoms with Crippen LogP contribution in [0.2, 0.25) is 10.0 Å². The molecule has 9 heteroatoms. The number of aryl methyl sites for hydroxylation is 2. The minimum atomic E-state index is -0.997. The maximum absolute atomic E-state index is 13.6. The fourth-order valence-corrected chi connectivity index (χ4v) is 5.30. The summed E-state index contributed by atoms with van der Waals surface area (Å²) >= 11 is 12.5. The van der Waals surface area contributed by atoms with Crippen LogP contribution in [0, 0.1) is 13.8 Å². The lowest BCUT2D eigenvalue weighted by Gasteiger charge is -2.27. The summed E-state index contributed by atoms with van der Waals surface area (Å²) in [5.74, 6) is -1.07. The van der Waals surface area contributed by atoms with E-state index in [0.29, 0.717) is 29.4 Å². The van der Waals surface area contributed by atoms with E-state index in [1.165, 1.54) is 31.3 Å². The van der Waals surface area contributed by atoms with Gasteiger partial charge in [0.15, 0.2) is 11.5 Å². The molecule has 38 heavy (non-hydrogen) atoms.